The van der Waals surface area contributed by atoms with Crippen LogP contribution in [0, 0.1) is 0 Å². The molecule has 6 rings (SSSR count). The minimum Gasteiger partial charge on any atom is -0.459 e. The van der Waals surface area contributed by atoms with E-state index in [0.717, 1.165) is 0 Å². The lowest BCUT2D eigenvalue weighted by molar-refractivity contribution is -0.0888. The molecule has 4 aromatic carbocycles. The summed E-state index contributed by atoms with van der Waals surface area (Å²) in [5.41, 5.74) is 2.00. The van der Waals surface area contributed by atoms with E-state index in [9.17, 15) is 14.4 Å². The summed E-state index contributed by atoms with van der Waals surface area (Å²) in [6.45, 7) is -0.101. The Hall–Kier alpha value is -5.28. The Balaban J connectivity index is 1.34. The topological polar surface area (TPSA) is 91.4 Å². The van der Waals surface area contributed by atoms with Gasteiger partial charge < -0.3 is 23.8 Å². The summed E-state index contributed by atoms with van der Waals surface area (Å²) < 4.78 is 39.1. The van der Waals surface area contributed by atoms with Crippen molar-refractivity contribution in [2.75, 3.05) is 6.61 Å². The van der Waals surface area contributed by atoms with Crippen LogP contribution in [-0.4, -0.2) is 54.0 Å². The van der Waals surface area contributed by atoms with Crippen LogP contribution in [0.15, 0.2) is 121 Å². The fourth-order valence-electron chi connectivity index (χ4n) is 5.24. The van der Waals surface area contributed by atoms with E-state index >= 15 is 4.39 Å². The number of nitrogens with zero attached hydrogens (tertiary/aromatic N) is 1. The maximum absolute atomic E-state index is 15.3. The van der Waals surface area contributed by atoms with E-state index in [1.165, 1.54) is 6.20 Å². The number of carbonyl (C=O) groups is 3. The van der Waals surface area contributed by atoms with Crippen LogP contribution in [0.25, 0.3) is 5.83 Å². The molecule has 0 saturated carbocycles. The van der Waals surface area contributed by atoms with Gasteiger partial charge in [-0.3, -0.25) is 0 Å². The second kappa shape index (κ2) is 12.9. The molecule has 2 aliphatic heterocycles. The number of esters is 3. The number of halogens is 1. The fraction of sp³-hybridized carbons (Fsp3) is 0.171. The minimum atomic E-state index is -1.22. The second-order valence-electron chi connectivity index (χ2n) is 10.3. The molecule has 2 unspecified atom stereocenters. The van der Waals surface area contributed by atoms with Gasteiger partial charge in [0.1, 0.15) is 18.5 Å². The van der Waals surface area contributed by atoms with Crippen molar-refractivity contribution in [3.8, 4) is 0 Å². The molecule has 0 bridgehead atoms. The SMILES string of the molecule is O=C(OC[C@H]1O[C@@H](N2C=C(F)c3ccccc3C2)C(OC(=O)c2ccccc2)C1OC(=O)c1ccccc1)c1ccccc1. The highest BCUT2D eigenvalue weighted by molar-refractivity contribution is 5.91. The van der Waals surface area contributed by atoms with Gasteiger partial charge in [-0.2, -0.15) is 0 Å². The van der Waals surface area contributed by atoms with E-state index in [0.29, 0.717) is 16.7 Å². The third-order valence-corrected chi connectivity index (χ3v) is 7.41. The van der Waals surface area contributed by atoms with Crippen LogP contribution >= 0.6 is 0 Å². The molecular formula is C35H28FNO7. The zero-order chi connectivity index (χ0) is 30.5. The number of hydrogen-bond acceptors (Lipinski definition) is 8. The molecule has 4 atom stereocenters. The van der Waals surface area contributed by atoms with Crippen molar-refractivity contribution in [2.24, 2.45) is 0 Å². The highest BCUT2D eigenvalue weighted by atomic mass is 19.1. The number of rotatable bonds is 8. The van der Waals surface area contributed by atoms with Crippen molar-refractivity contribution in [1.29, 1.82) is 0 Å². The number of ether oxygens (including phenoxy) is 4. The predicted molar refractivity (Wildman–Crippen MR) is 158 cm³/mol. The van der Waals surface area contributed by atoms with Gasteiger partial charge in [-0.1, -0.05) is 78.9 Å². The summed E-state index contributed by atoms with van der Waals surface area (Å²) in [4.78, 5) is 41.0. The molecule has 0 N–H and O–H groups in total. The first-order valence-corrected chi connectivity index (χ1v) is 14.1. The lowest BCUT2D eigenvalue weighted by Crippen LogP contribution is -2.46. The third-order valence-electron chi connectivity index (χ3n) is 7.41. The summed E-state index contributed by atoms with van der Waals surface area (Å²) in [5, 5.41) is 0. The van der Waals surface area contributed by atoms with Crippen LogP contribution in [0.2, 0.25) is 0 Å². The lowest BCUT2D eigenvalue weighted by atomic mass is 10.0. The van der Waals surface area contributed by atoms with Crippen molar-refractivity contribution >= 4 is 23.7 Å². The van der Waals surface area contributed by atoms with Gasteiger partial charge in [0.2, 0.25) is 0 Å². The molecule has 1 saturated heterocycles. The molecule has 0 amide bonds. The molecule has 1 fully saturated rings. The van der Waals surface area contributed by atoms with E-state index < -0.39 is 48.3 Å². The van der Waals surface area contributed by atoms with Gasteiger partial charge in [-0.05, 0) is 42.0 Å². The van der Waals surface area contributed by atoms with Gasteiger partial charge in [0.25, 0.3) is 0 Å². The molecule has 222 valence electrons. The molecular weight excluding hydrogens is 565 g/mol. The normalized spacial score (nSPS) is 20.7. The molecule has 2 heterocycles. The van der Waals surface area contributed by atoms with Crippen molar-refractivity contribution in [1.82, 2.24) is 4.90 Å². The smallest absolute Gasteiger partial charge is 0.338 e. The van der Waals surface area contributed by atoms with Gasteiger partial charge in [0.05, 0.1) is 16.7 Å². The molecule has 2 aliphatic rings. The highest BCUT2D eigenvalue weighted by Gasteiger charge is 2.52. The van der Waals surface area contributed by atoms with Crippen molar-refractivity contribution in [3.05, 3.63) is 149 Å². The standard InChI is InChI=1S/C35H28FNO7/c36-28-21-37(20-26-18-10-11-19-27(26)28)32-31(44-35(40)25-16-8-3-9-17-25)30(43-34(39)24-14-6-2-7-15-24)29(42-32)22-41-33(38)23-12-4-1-5-13-23/h1-19,21,29-32H,20,22H2/t29-,30?,31?,32-/m1/s1. The van der Waals surface area contributed by atoms with Crippen LogP contribution in [0.3, 0.4) is 0 Å². The number of fused-ring (bicyclic) bond motifs is 1. The van der Waals surface area contributed by atoms with Gasteiger partial charge in [-0.15, -0.1) is 0 Å². The van der Waals surface area contributed by atoms with Crippen LogP contribution in [0.5, 0.6) is 0 Å². The van der Waals surface area contributed by atoms with E-state index in [1.807, 2.05) is 0 Å². The Morgan fingerprint density at radius 3 is 1.77 bits per heavy atom. The van der Waals surface area contributed by atoms with Crippen LogP contribution in [0.1, 0.15) is 42.2 Å². The summed E-state index contributed by atoms with van der Waals surface area (Å²) in [7, 11) is 0. The average molecular weight is 594 g/mol. The van der Waals surface area contributed by atoms with Gasteiger partial charge >= 0.3 is 17.9 Å². The third kappa shape index (κ3) is 6.23. The Bertz CT molecular complexity index is 1660. The molecule has 0 aromatic heterocycles. The largest absolute Gasteiger partial charge is 0.459 e. The van der Waals surface area contributed by atoms with Gasteiger partial charge in [0, 0.05) is 18.3 Å². The number of hydrogen-bond donors (Lipinski definition) is 0. The van der Waals surface area contributed by atoms with Crippen molar-refractivity contribution in [3.63, 3.8) is 0 Å². The van der Waals surface area contributed by atoms with Crippen LogP contribution in [-0.2, 0) is 25.5 Å². The second-order valence-corrected chi connectivity index (χ2v) is 10.3. The molecule has 0 radical (unpaired) electrons. The van der Waals surface area contributed by atoms with Crippen LogP contribution in [0.4, 0.5) is 4.39 Å². The molecule has 8 nitrogen and oxygen atoms in total. The summed E-state index contributed by atoms with van der Waals surface area (Å²) in [5.74, 6) is -2.48. The Labute approximate surface area is 253 Å². The maximum Gasteiger partial charge on any atom is 0.338 e. The van der Waals surface area contributed by atoms with E-state index in [1.54, 1.807) is 120 Å². The Morgan fingerprint density at radius 1 is 0.682 bits per heavy atom. The molecule has 44 heavy (non-hydrogen) atoms. The first kappa shape index (κ1) is 28.8. The number of benzene rings is 4. The summed E-state index contributed by atoms with van der Waals surface area (Å²) in [6, 6.07) is 32.1. The minimum absolute atomic E-state index is 0.226. The van der Waals surface area contributed by atoms with E-state index in [-0.39, 0.29) is 24.3 Å². The maximum atomic E-state index is 15.3. The van der Waals surface area contributed by atoms with Gasteiger partial charge in [0.15, 0.2) is 18.4 Å². The first-order chi connectivity index (χ1) is 21.5. The zero-order valence-corrected chi connectivity index (χ0v) is 23.5. The number of carbonyl (C=O) groups excluding carboxylic acids is 3. The van der Waals surface area contributed by atoms with Crippen molar-refractivity contribution in [2.45, 2.75) is 31.1 Å². The van der Waals surface area contributed by atoms with Gasteiger partial charge in [-0.25, -0.2) is 18.8 Å². The Morgan fingerprint density at radius 2 is 1.18 bits per heavy atom. The van der Waals surface area contributed by atoms with Crippen molar-refractivity contribution < 1.29 is 37.7 Å². The zero-order valence-electron chi connectivity index (χ0n) is 23.5. The summed E-state index contributed by atoms with van der Waals surface area (Å²) >= 11 is 0. The molecule has 9 heteroatoms. The van der Waals surface area contributed by atoms with Crippen LogP contribution < -0.4 is 0 Å². The highest BCUT2D eigenvalue weighted by Crippen LogP contribution is 2.36. The lowest BCUT2D eigenvalue weighted by Gasteiger charge is -2.34. The molecule has 0 aliphatic carbocycles. The Kier molecular flexibility index (Phi) is 8.47. The predicted octanol–water partition coefficient (Wildman–Crippen LogP) is 5.80. The fourth-order valence-corrected chi connectivity index (χ4v) is 5.24. The monoisotopic (exact) mass is 593 g/mol. The quantitative estimate of drug-likeness (QED) is 0.187. The average Bonchev–Trinajstić information content (AvgIpc) is 3.40. The summed E-state index contributed by atoms with van der Waals surface area (Å²) in [6.07, 6.45) is -3.29. The van der Waals surface area contributed by atoms with E-state index in [4.69, 9.17) is 18.9 Å². The molecule has 0 spiro atoms. The first-order valence-electron chi connectivity index (χ1n) is 14.1. The molecule has 4 aromatic rings. The van der Waals surface area contributed by atoms with E-state index in [2.05, 4.69) is 0 Å².